The number of aliphatic hydroxyl groups is 1. The van der Waals surface area contributed by atoms with E-state index < -0.39 is 5.60 Å². The molecule has 1 rings (SSSR count). The van der Waals surface area contributed by atoms with Gasteiger partial charge in [0.1, 0.15) is 0 Å². The molecule has 0 aromatic rings. The van der Waals surface area contributed by atoms with Gasteiger partial charge in [0.25, 0.3) is 0 Å². The van der Waals surface area contributed by atoms with E-state index in [0.717, 1.165) is 13.1 Å². The van der Waals surface area contributed by atoms with Crippen molar-refractivity contribution in [1.82, 2.24) is 5.32 Å². The number of hydrogen-bond acceptors (Lipinski definition) is 4. The van der Waals surface area contributed by atoms with E-state index in [4.69, 9.17) is 4.74 Å². The summed E-state index contributed by atoms with van der Waals surface area (Å²) in [7, 11) is 0. The largest absolute Gasteiger partial charge is 0.466 e. The van der Waals surface area contributed by atoms with Crippen molar-refractivity contribution in [3.05, 3.63) is 0 Å². The number of piperidine rings is 1. The highest BCUT2D eigenvalue weighted by atomic mass is 16.5. The van der Waals surface area contributed by atoms with Gasteiger partial charge in [0.2, 0.25) is 0 Å². The molecule has 15 heavy (non-hydrogen) atoms. The topological polar surface area (TPSA) is 58.6 Å². The standard InChI is InChI=1S/C11H21NO3/c1-3-9(10(13)15-4-2)11(14)5-7-12-8-6-11/h9,12,14H,3-8H2,1-2H3. The van der Waals surface area contributed by atoms with Gasteiger partial charge in [-0.2, -0.15) is 0 Å². The van der Waals surface area contributed by atoms with Crippen molar-refractivity contribution in [1.29, 1.82) is 0 Å². The van der Waals surface area contributed by atoms with Crippen LogP contribution in [-0.4, -0.2) is 36.4 Å². The number of carbonyl (C=O) groups is 1. The second-order valence-corrected chi connectivity index (χ2v) is 4.07. The summed E-state index contributed by atoms with van der Waals surface area (Å²) in [6.45, 7) is 5.63. The van der Waals surface area contributed by atoms with Crippen molar-refractivity contribution in [3.8, 4) is 0 Å². The fraction of sp³-hybridized carbons (Fsp3) is 0.909. The van der Waals surface area contributed by atoms with E-state index in [1.807, 2.05) is 6.92 Å². The van der Waals surface area contributed by atoms with Crippen LogP contribution in [0, 0.1) is 5.92 Å². The molecule has 1 heterocycles. The highest BCUT2D eigenvalue weighted by Crippen LogP contribution is 2.30. The van der Waals surface area contributed by atoms with E-state index >= 15 is 0 Å². The van der Waals surface area contributed by atoms with E-state index in [0.29, 0.717) is 25.9 Å². The van der Waals surface area contributed by atoms with Gasteiger partial charge >= 0.3 is 5.97 Å². The summed E-state index contributed by atoms with van der Waals surface area (Å²) in [5.41, 5.74) is -0.869. The molecule has 1 aliphatic rings. The summed E-state index contributed by atoms with van der Waals surface area (Å²) in [4.78, 5) is 11.7. The van der Waals surface area contributed by atoms with Crippen LogP contribution in [0.15, 0.2) is 0 Å². The molecule has 2 N–H and O–H groups in total. The lowest BCUT2D eigenvalue weighted by Crippen LogP contribution is -2.50. The molecule has 1 fully saturated rings. The Morgan fingerprint density at radius 3 is 2.53 bits per heavy atom. The van der Waals surface area contributed by atoms with Crippen molar-refractivity contribution in [3.63, 3.8) is 0 Å². The Morgan fingerprint density at radius 2 is 2.07 bits per heavy atom. The lowest BCUT2D eigenvalue weighted by molar-refractivity contribution is -0.160. The van der Waals surface area contributed by atoms with Crippen LogP contribution >= 0.6 is 0 Å². The van der Waals surface area contributed by atoms with Crippen molar-refractivity contribution in [2.24, 2.45) is 5.92 Å². The molecule has 4 nitrogen and oxygen atoms in total. The number of nitrogens with one attached hydrogen (secondary N) is 1. The Labute approximate surface area is 91.0 Å². The van der Waals surface area contributed by atoms with Crippen LogP contribution in [0.4, 0.5) is 0 Å². The molecule has 0 aromatic carbocycles. The van der Waals surface area contributed by atoms with Gasteiger partial charge in [-0.25, -0.2) is 0 Å². The lowest BCUT2D eigenvalue weighted by Gasteiger charge is -2.37. The predicted octanol–water partition coefficient (Wildman–Crippen LogP) is 0.690. The minimum atomic E-state index is -0.869. The SMILES string of the molecule is CCOC(=O)C(CC)C1(O)CCNCC1. The van der Waals surface area contributed by atoms with E-state index in [9.17, 15) is 9.90 Å². The number of hydrogen-bond donors (Lipinski definition) is 2. The first-order valence-corrected chi connectivity index (χ1v) is 5.73. The molecule has 0 aromatic heterocycles. The first-order chi connectivity index (χ1) is 7.14. The maximum Gasteiger partial charge on any atom is 0.311 e. The Bertz CT molecular complexity index is 212. The third-order valence-corrected chi connectivity index (χ3v) is 3.10. The average Bonchev–Trinajstić information content (AvgIpc) is 2.19. The molecule has 0 spiro atoms. The molecule has 0 aliphatic carbocycles. The molecular weight excluding hydrogens is 194 g/mol. The normalized spacial score (nSPS) is 22.1. The fourth-order valence-corrected chi connectivity index (χ4v) is 2.22. The monoisotopic (exact) mass is 215 g/mol. The second-order valence-electron chi connectivity index (χ2n) is 4.07. The lowest BCUT2D eigenvalue weighted by atomic mass is 9.78. The van der Waals surface area contributed by atoms with Gasteiger partial charge in [-0.1, -0.05) is 6.92 Å². The number of esters is 1. The second kappa shape index (κ2) is 5.47. The van der Waals surface area contributed by atoms with Crippen LogP contribution in [0.2, 0.25) is 0 Å². The average molecular weight is 215 g/mol. The van der Waals surface area contributed by atoms with E-state index in [2.05, 4.69) is 5.32 Å². The third kappa shape index (κ3) is 2.92. The molecular formula is C11H21NO3. The van der Waals surface area contributed by atoms with Gasteiger partial charge in [0, 0.05) is 0 Å². The first-order valence-electron chi connectivity index (χ1n) is 5.73. The zero-order valence-corrected chi connectivity index (χ0v) is 9.58. The van der Waals surface area contributed by atoms with Gasteiger partial charge in [-0.15, -0.1) is 0 Å². The van der Waals surface area contributed by atoms with E-state index in [1.165, 1.54) is 0 Å². The van der Waals surface area contributed by atoms with Crippen LogP contribution in [0.5, 0.6) is 0 Å². The predicted molar refractivity (Wildman–Crippen MR) is 57.5 cm³/mol. The minimum Gasteiger partial charge on any atom is -0.466 e. The smallest absolute Gasteiger partial charge is 0.311 e. The van der Waals surface area contributed by atoms with Gasteiger partial charge in [0.05, 0.1) is 18.1 Å². The molecule has 1 atom stereocenters. The quantitative estimate of drug-likeness (QED) is 0.677. The summed E-state index contributed by atoms with van der Waals surface area (Å²) in [6, 6.07) is 0. The highest BCUT2D eigenvalue weighted by molar-refractivity contribution is 5.73. The summed E-state index contributed by atoms with van der Waals surface area (Å²) >= 11 is 0. The fourth-order valence-electron chi connectivity index (χ4n) is 2.22. The molecule has 0 amide bonds. The molecule has 1 aliphatic heterocycles. The van der Waals surface area contributed by atoms with Crippen LogP contribution in [0.25, 0.3) is 0 Å². The molecule has 0 bridgehead atoms. The minimum absolute atomic E-state index is 0.260. The van der Waals surface area contributed by atoms with Gasteiger partial charge in [0.15, 0.2) is 0 Å². The zero-order chi connectivity index (χ0) is 11.3. The maximum absolute atomic E-state index is 11.7. The Morgan fingerprint density at radius 1 is 1.47 bits per heavy atom. The van der Waals surface area contributed by atoms with E-state index in [1.54, 1.807) is 6.92 Å². The van der Waals surface area contributed by atoms with Gasteiger partial charge < -0.3 is 15.2 Å². The number of rotatable bonds is 4. The van der Waals surface area contributed by atoms with Crippen LogP contribution < -0.4 is 5.32 Å². The molecule has 0 saturated carbocycles. The number of ether oxygens (including phenoxy) is 1. The summed E-state index contributed by atoms with van der Waals surface area (Å²) in [5.74, 6) is -0.635. The summed E-state index contributed by atoms with van der Waals surface area (Å²) < 4.78 is 4.99. The third-order valence-electron chi connectivity index (χ3n) is 3.10. The highest BCUT2D eigenvalue weighted by Gasteiger charge is 2.41. The summed E-state index contributed by atoms with van der Waals surface area (Å²) in [5, 5.41) is 13.6. The molecule has 88 valence electrons. The van der Waals surface area contributed by atoms with Crippen molar-refractivity contribution in [2.45, 2.75) is 38.7 Å². The Balaban J connectivity index is 2.66. The molecule has 1 saturated heterocycles. The van der Waals surface area contributed by atoms with Crippen molar-refractivity contribution >= 4 is 5.97 Å². The first kappa shape index (κ1) is 12.5. The van der Waals surface area contributed by atoms with Gasteiger partial charge in [-0.05, 0) is 39.3 Å². The van der Waals surface area contributed by atoms with Crippen LogP contribution in [-0.2, 0) is 9.53 Å². The van der Waals surface area contributed by atoms with E-state index in [-0.39, 0.29) is 11.9 Å². The molecule has 1 unspecified atom stereocenters. The maximum atomic E-state index is 11.7. The molecule has 4 heteroatoms. The summed E-state index contributed by atoms with van der Waals surface area (Å²) in [6.07, 6.45) is 1.89. The van der Waals surface area contributed by atoms with Crippen molar-refractivity contribution < 1.29 is 14.6 Å². The molecule has 0 radical (unpaired) electrons. The Kier molecular flexibility index (Phi) is 4.54. The number of carbonyl (C=O) groups excluding carboxylic acids is 1. The van der Waals surface area contributed by atoms with Crippen LogP contribution in [0.3, 0.4) is 0 Å². The van der Waals surface area contributed by atoms with Crippen LogP contribution in [0.1, 0.15) is 33.1 Å². The Hall–Kier alpha value is -0.610. The zero-order valence-electron chi connectivity index (χ0n) is 9.58. The van der Waals surface area contributed by atoms with Gasteiger partial charge in [-0.3, -0.25) is 4.79 Å². The van der Waals surface area contributed by atoms with Crippen molar-refractivity contribution in [2.75, 3.05) is 19.7 Å².